The lowest BCUT2D eigenvalue weighted by molar-refractivity contribution is -0.134. The summed E-state index contributed by atoms with van der Waals surface area (Å²) in [7, 11) is 0. The summed E-state index contributed by atoms with van der Waals surface area (Å²) in [5.41, 5.74) is 0.834. The fourth-order valence-electron chi connectivity index (χ4n) is 2.88. The third kappa shape index (κ3) is 4.04. The van der Waals surface area contributed by atoms with Gasteiger partial charge in [-0.15, -0.1) is 11.8 Å². The van der Waals surface area contributed by atoms with E-state index < -0.39 is 22.7 Å². The minimum atomic E-state index is -4.68. The van der Waals surface area contributed by atoms with Gasteiger partial charge < -0.3 is 10.1 Å². The van der Waals surface area contributed by atoms with Crippen molar-refractivity contribution in [3.05, 3.63) is 44.5 Å². The number of thioether (sulfide) groups is 1. The number of alkyl halides is 3. The molecule has 1 saturated carbocycles. The van der Waals surface area contributed by atoms with Crippen LogP contribution >= 0.6 is 35.0 Å². The summed E-state index contributed by atoms with van der Waals surface area (Å²) in [6, 6.07) is 4.84. The predicted molar refractivity (Wildman–Crippen MR) is 91.9 cm³/mol. The maximum absolute atomic E-state index is 13.0. The van der Waals surface area contributed by atoms with E-state index in [1.54, 1.807) is 18.2 Å². The number of halogens is 5. The van der Waals surface area contributed by atoms with Crippen molar-refractivity contribution in [2.24, 2.45) is 0 Å². The van der Waals surface area contributed by atoms with Crippen LogP contribution in [0.1, 0.15) is 24.3 Å². The number of amides is 1. The first-order chi connectivity index (χ1) is 11.8. The Morgan fingerprint density at radius 1 is 1.28 bits per heavy atom. The summed E-state index contributed by atoms with van der Waals surface area (Å²) in [5, 5.41) is 3.68. The van der Waals surface area contributed by atoms with Crippen LogP contribution in [-0.2, 0) is 9.53 Å². The van der Waals surface area contributed by atoms with Crippen LogP contribution in [0.15, 0.2) is 28.9 Å². The number of allylic oxidation sites excluding steroid dienone is 1. The molecule has 1 N–H and O–H groups in total. The number of nitrogens with one attached hydrogen (secondary N) is 1. The Morgan fingerprint density at radius 3 is 2.64 bits per heavy atom. The first kappa shape index (κ1) is 18.7. The molecule has 1 aromatic rings. The van der Waals surface area contributed by atoms with Gasteiger partial charge in [0.15, 0.2) is 0 Å². The van der Waals surface area contributed by atoms with Gasteiger partial charge in [0.1, 0.15) is 4.91 Å². The summed E-state index contributed by atoms with van der Waals surface area (Å²) in [5.74, 6) is -1.70. The Bertz CT molecular complexity index is 724. The topological polar surface area (TPSA) is 38.3 Å². The minimum Gasteiger partial charge on any atom is -0.487 e. The second kappa shape index (κ2) is 7.29. The second-order valence-corrected chi connectivity index (χ2v) is 7.73. The van der Waals surface area contributed by atoms with Crippen molar-refractivity contribution in [3.63, 3.8) is 0 Å². The lowest BCUT2D eigenvalue weighted by atomic mass is 9.75. The lowest BCUT2D eigenvalue weighted by Gasteiger charge is -2.38. The molecule has 1 fully saturated rings. The average Bonchev–Trinajstić information content (AvgIpc) is 2.53. The average molecular weight is 412 g/mol. The molecule has 0 bridgehead atoms. The van der Waals surface area contributed by atoms with E-state index in [1.807, 2.05) is 0 Å². The predicted octanol–water partition coefficient (Wildman–Crippen LogP) is 4.89. The summed E-state index contributed by atoms with van der Waals surface area (Å²) < 4.78 is 43.7. The number of hydrogen-bond acceptors (Lipinski definition) is 3. The Balaban J connectivity index is 1.75. The van der Waals surface area contributed by atoms with E-state index in [2.05, 4.69) is 5.32 Å². The molecule has 136 valence electrons. The van der Waals surface area contributed by atoms with Crippen molar-refractivity contribution in [2.45, 2.75) is 31.0 Å². The second-order valence-electron chi connectivity index (χ2n) is 5.78. The van der Waals surface area contributed by atoms with E-state index in [-0.39, 0.29) is 18.6 Å². The quantitative estimate of drug-likeness (QED) is 0.768. The molecular formula is C16H14Cl2F3NO2S. The highest BCUT2D eigenvalue weighted by Crippen LogP contribution is 2.42. The van der Waals surface area contributed by atoms with Crippen LogP contribution in [0, 0.1) is 0 Å². The van der Waals surface area contributed by atoms with Crippen molar-refractivity contribution in [1.82, 2.24) is 5.32 Å². The maximum atomic E-state index is 13.0. The standard InChI is InChI=1S/C16H14Cl2F3NO2S/c17-8-1-2-9(11(18)7-8)10-3-4-12(10)22-15(23)13-14(16(19,20)21)24-5-6-25-13/h1-2,7,10,12H,3-6H2,(H,22,23)/t10-,12-/m0/s1. The van der Waals surface area contributed by atoms with Gasteiger partial charge in [0.05, 0.1) is 6.61 Å². The molecule has 3 rings (SSSR count). The van der Waals surface area contributed by atoms with E-state index in [1.165, 1.54) is 0 Å². The van der Waals surface area contributed by atoms with Gasteiger partial charge in [-0.2, -0.15) is 13.2 Å². The Morgan fingerprint density at radius 2 is 2.04 bits per heavy atom. The van der Waals surface area contributed by atoms with Gasteiger partial charge in [-0.1, -0.05) is 29.3 Å². The van der Waals surface area contributed by atoms with Crippen LogP contribution < -0.4 is 5.32 Å². The molecule has 0 radical (unpaired) electrons. The van der Waals surface area contributed by atoms with Crippen molar-refractivity contribution in [2.75, 3.05) is 12.4 Å². The van der Waals surface area contributed by atoms with E-state index in [9.17, 15) is 18.0 Å². The van der Waals surface area contributed by atoms with E-state index >= 15 is 0 Å². The first-order valence-electron chi connectivity index (χ1n) is 7.60. The molecule has 1 aromatic carbocycles. The Kier molecular flexibility index (Phi) is 5.46. The van der Waals surface area contributed by atoms with Crippen LogP contribution in [0.2, 0.25) is 10.0 Å². The van der Waals surface area contributed by atoms with E-state index in [0.29, 0.717) is 22.2 Å². The van der Waals surface area contributed by atoms with Gasteiger partial charge in [0.25, 0.3) is 5.91 Å². The van der Waals surface area contributed by atoms with Crippen LogP contribution in [-0.4, -0.2) is 30.5 Å². The molecule has 2 atom stereocenters. The van der Waals surface area contributed by atoms with Gasteiger partial charge in [0.2, 0.25) is 5.76 Å². The third-order valence-corrected chi connectivity index (χ3v) is 5.79. The molecule has 1 amide bonds. The van der Waals surface area contributed by atoms with Crippen LogP contribution in [0.3, 0.4) is 0 Å². The van der Waals surface area contributed by atoms with Crippen LogP contribution in [0.4, 0.5) is 13.2 Å². The van der Waals surface area contributed by atoms with Gasteiger partial charge in [-0.05, 0) is 30.5 Å². The number of ether oxygens (including phenoxy) is 1. The minimum absolute atomic E-state index is 0.0434. The fraction of sp³-hybridized carbons (Fsp3) is 0.438. The number of hydrogen-bond donors (Lipinski definition) is 1. The number of rotatable bonds is 3. The Hall–Kier alpha value is -1.05. The van der Waals surface area contributed by atoms with E-state index in [0.717, 1.165) is 23.7 Å². The summed E-state index contributed by atoms with van der Waals surface area (Å²) in [4.78, 5) is 11.9. The normalized spacial score (nSPS) is 23.7. The largest absolute Gasteiger partial charge is 0.487 e. The van der Waals surface area contributed by atoms with Gasteiger partial charge >= 0.3 is 6.18 Å². The molecule has 1 heterocycles. The van der Waals surface area contributed by atoms with Crippen molar-refractivity contribution >= 4 is 40.9 Å². The van der Waals surface area contributed by atoms with Crippen molar-refractivity contribution in [3.8, 4) is 0 Å². The number of benzene rings is 1. The smallest absolute Gasteiger partial charge is 0.450 e. The van der Waals surface area contributed by atoms with Crippen LogP contribution in [0.5, 0.6) is 0 Å². The SMILES string of the molecule is O=C(N[C@H]1CC[C@H]1c1ccc(Cl)cc1Cl)C1=C(C(F)(F)F)OCCS1. The molecule has 1 aliphatic heterocycles. The van der Waals surface area contributed by atoms with Crippen molar-refractivity contribution in [1.29, 1.82) is 0 Å². The molecule has 25 heavy (non-hydrogen) atoms. The monoisotopic (exact) mass is 411 g/mol. The van der Waals surface area contributed by atoms with Crippen molar-refractivity contribution < 1.29 is 22.7 Å². The Labute approximate surface area is 156 Å². The fourth-order valence-corrected chi connectivity index (χ4v) is 4.29. The third-order valence-electron chi connectivity index (χ3n) is 4.20. The molecule has 0 unspecified atom stereocenters. The summed E-state index contributed by atoms with van der Waals surface area (Å²) in [6.45, 7) is -0.0667. The molecule has 0 aromatic heterocycles. The maximum Gasteiger partial charge on any atom is 0.450 e. The molecule has 0 spiro atoms. The molecule has 0 saturated heterocycles. The van der Waals surface area contributed by atoms with Gasteiger partial charge in [-0.25, -0.2) is 0 Å². The molecule has 2 aliphatic rings. The lowest BCUT2D eigenvalue weighted by Crippen LogP contribution is -2.46. The molecular weight excluding hydrogens is 398 g/mol. The van der Waals surface area contributed by atoms with Crippen LogP contribution in [0.25, 0.3) is 0 Å². The van der Waals surface area contributed by atoms with E-state index in [4.69, 9.17) is 27.9 Å². The molecule has 9 heteroatoms. The summed E-state index contributed by atoms with van der Waals surface area (Å²) >= 11 is 12.9. The molecule has 1 aliphatic carbocycles. The highest BCUT2D eigenvalue weighted by atomic mass is 35.5. The van der Waals surface area contributed by atoms with Gasteiger partial charge in [-0.3, -0.25) is 4.79 Å². The molecule has 3 nitrogen and oxygen atoms in total. The summed E-state index contributed by atoms with van der Waals surface area (Å²) in [6.07, 6.45) is -3.21. The zero-order valence-electron chi connectivity index (χ0n) is 12.8. The highest BCUT2D eigenvalue weighted by Gasteiger charge is 2.43. The zero-order chi connectivity index (χ0) is 18.2. The zero-order valence-corrected chi connectivity index (χ0v) is 15.2. The van der Waals surface area contributed by atoms with Gasteiger partial charge in [0, 0.05) is 27.8 Å². The number of carbonyl (C=O) groups is 1. The number of carbonyl (C=O) groups excluding carboxylic acids is 1. The highest BCUT2D eigenvalue weighted by molar-refractivity contribution is 8.04. The first-order valence-corrected chi connectivity index (χ1v) is 9.34.